The number of H-pyrrole nitrogens is 1. The molecule has 0 radical (unpaired) electrons. The van der Waals surface area contributed by atoms with Gasteiger partial charge in [-0.2, -0.15) is 10.1 Å². The van der Waals surface area contributed by atoms with Gasteiger partial charge in [0, 0.05) is 51.1 Å². The lowest BCUT2D eigenvalue weighted by Gasteiger charge is -2.27. The van der Waals surface area contributed by atoms with Crippen molar-refractivity contribution in [3.8, 4) is 0 Å². The number of aromatic nitrogens is 4. The Morgan fingerprint density at radius 3 is 2.92 bits per heavy atom. The molecule has 1 aliphatic heterocycles. The highest BCUT2D eigenvalue weighted by atomic mass is 16.5. The quantitative estimate of drug-likeness (QED) is 0.847. The highest BCUT2D eigenvalue weighted by Crippen LogP contribution is 2.39. The maximum Gasteiger partial charge on any atom is 0.227 e. The second-order valence-electron chi connectivity index (χ2n) is 6.63. The van der Waals surface area contributed by atoms with Gasteiger partial charge in [-0.15, -0.1) is 0 Å². The average molecular weight is 330 g/mol. The minimum atomic E-state index is 0. The van der Waals surface area contributed by atoms with Gasteiger partial charge in [0.25, 0.3) is 0 Å². The van der Waals surface area contributed by atoms with E-state index in [1.807, 2.05) is 6.20 Å². The number of nitrogens with zero attached hydrogens (tertiary/aromatic N) is 4. The molecule has 2 aliphatic rings. The molecule has 1 saturated carbocycles. The van der Waals surface area contributed by atoms with Crippen molar-refractivity contribution < 1.29 is 6.16 Å². The number of anilines is 3. The van der Waals surface area contributed by atoms with E-state index < -0.39 is 0 Å². The standard InChI is InChI=1S/C17H24N6O.H2/c1-24-11-13-10-18-17(23-7-3-2-4-8-23)20-16(13)19-15-9-14(21-22-15)12-5-6-12;/h9-10,12H,2-8,11H2,1H3,(H2,18,19,20,21,22);1H. The molecule has 2 N–H and O–H groups in total. The van der Waals surface area contributed by atoms with Gasteiger partial charge in [0.05, 0.1) is 6.61 Å². The largest absolute Gasteiger partial charge is 0.380 e. The van der Waals surface area contributed by atoms with E-state index in [9.17, 15) is 0 Å². The lowest BCUT2D eigenvalue weighted by molar-refractivity contribution is 0.185. The number of aromatic amines is 1. The van der Waals surface area contributed by atoms with Crippen LogP contribution in [0.1, 0.15) is 50.7 Å². The van der Waals surface area contributed by atoms with Crippen LogP contribution in [0.5, 0.6) is 0 Å². The van der Waals surface area contributed by atoms with Crippen molar-refractivity contribution in [2.45, 2.75) is 44.6 Å². The van der Waals surface area contributed by atoms with Crippen molar-refractivity contribution >= 4 is 17.6 Å². The van der Waals surface area contributed by atoms with Gasteiger partial charge < -0.3 is 15.0 Å². The molecule has 2 fully saturated rings. The van der Waals surface area contributed by atoms with Crippen LogP contribution in [0.25, 0.3) is 0 Å². The zero-order valence-corrected chi connectivity index (χ0v) is 14.1. The molecule has 7 heteroatoms. The van der Waals surface area contributed by atoms with Gasteiger partial charge in [0.15, 0.2) is 5.82 Å². The summed E-state index contributed by atoms with van der Waals surface area (Å²) in [7, 11) is 1.68. The molecule has 1 aliphatic carbocycles. The molecule has 0 unspecified atom stereocenters. The number of hydrogen-bond acceptors (Lipinski definition) is 6. The van der Waals surface area contributed by atoms with Crippen LogP contribution >= 0.6 is 0 Å². The molecule has 7 nitrogen and oxygen atoms in total. The van der Waals surface area contributed by atoms with Gasteiger partial charge in [-0.3, -0.25) is 5.10 Å². The lowest BCUT2D eigenvalue weighted by Crippen LogP contribution is -2.31. The predicted octanol–water partition coefficient (Wildman–Crippen LogP) is 3.20. The molecule has 0 aromatic carbocycles. The van der Waals surface area contributed by atoms with Crippen LogP contribution in [0.15, 0.2) is 12.3 Å². The number of hydrogen-bond donors (Lipinski definition) is 2. The van der Waals surface area contributed by atoms with Crippen molar-refractivity contribution in [1.82, 2.24) is 20.2 Å². The maximum absolute atomic E-state index is 5.28. The first kappa shape index (κ1) is 15.4. The second kappa shape index (κ2) is 6.76. The van der Waals surface area contributed by atoms with Crippen LogP contribution in [-0.2, 0) is 11.3 Å². The van der Waals surface area contributed by atoms with E-state index in [0.717, 1.165) is 36.2 Å². The van der Waals surface area contributed by atoms with Crippen molar-refractivity contribution in [3.05, 3.63) is 23.5 Å². The first-order valence-corrected chi connectivity index (χ1v) is 8.75. The summed E-state index contributed by atoms with van der Waals surface area (Å²) < 4.78 is 5.28. The van der Waals surface area contributed by atoms with Gasteiger partial charge in [-0.05, 0) is 32.1 Å². The Labute approximate surface area is 143 Å². The topological polar surface area (TPSA) is 79.0 Å². The Kier molecular flexibility index (Phi) is 4.34. The normalized spacial score (nSPS) is 18.0. The second-order valence-corrected chi connectivity index (χ2v) is 6.63. The Morgan fingerprint density at radius 1 is 1.33 bits per heavy atom. The fourth-order valence-corrected chi connectivity index (χ4v) is 3.14. The Balaban J connectivity index is 0.00000182. The molecule has 0 atom stereocenters. The predicted molar refractivity (Wildman–Crippen MR) is 94.8 cm³/mol. The molecular formula is C17H26N6O. The summed E-state index contributed by atoms with van der Waals surface area (Å²) in [6, 6.07) is 2.08. The van der Waals surface area contributed by atoms with Gasteiger partial charge in [0.2, 0.25) is 5.95 Å². The lowest BCUT2D eigenvalue weighted by atomic mass is 10.1. The van der Waals surface area contributed by atoms with Crippen molar-refractivity contribution in [3.63, 3.8) is 0 Å². The number of ether oxygens (including phenoxy) is 1. The molecule has 3 heterocycles. The number of nitrogens with one attached hydrogen (secondary N) is 2. The van der Waals surface area contributed by atoms with E-state index in [1.165, 1.54) is 37.8 Å². The van der Waals surface area contributed by atoms with Crippen LogP contribution in [0, 0.1) is 0 Å². The van der Waals surface area contributed by atoms with E-state index >= 15 is 0 Å². The SMILES string of the molecule is COCc1cnc(N2CCCCC2)nc1Nc1cc(C2CC2)[nH]n1.[HH]. The van der Waals surface area contributed by atoms with Crippen LogP contribution in [0.4, 0.5) is 17.6 Å². The van der Waals surface area contributed by atoms with Crippen LogP contribution in [0.2, 0.25) is 0 Å². The highest BCUT2D eigenvalue weighted by Gasteiger charge is 2.25. The molecular weight excluding hydrogens is 304 g/mol. The van der Waals surface area contributed by atoms with E-state index in [1.54, 1.807) is 7.11 Å². The van der Waals surface area contributed by atoms with Gasteiger partial charge in [-0.1, -0.05) is 0 Å². The smallest absolute Gasteiger partial charge is 0.227 e. The minimum Gasteiger partial charge on any atom is -0.380 e. The molecule has 2 aromatic rings. The first-order valence-electron chi connectivity index (χ1n) is 8.75. The van der Waals surface area contributed by atoms with E-state index in [0.29, 0.717) is 12.5 Å². The van der Waals surface area contributed by atoms with Crippen LogP contribution < -0.4 is 10.2 Å². The van der Waals surface area contributed by atoms with Gasteiger partial charge >= 0.3 is 0 Å². The van der Waals surface area contributed by atoms with Crippen molar-refractivity contribution in [2.75, 3.05) is 30.4 Å². The molecule has 2 aromatic heterocycles. The third-order valence-corrected chi connectivity index (χ3v) is 4.65. The number of piperidine rings is 1. The summed E-state index contributed by atoms with van der Waals surface area (Å²) in [6.07, 6.45) is 8.07. The molecule has 0 bridgehead atoms. The first-order chi connectivity index (χ1) is 11.8. The fraction of sp³-hybridized carbons (Fsp3) is 0.588. The van der Waals surface area contributed by atoms with Crippen molar-refractivity contribution in [2.24, 2.45) is 0 Å². The third kappa shape index (κ3) is 3.36. The number of rotatable bonds is 6. The monoisotopic (exact) mass is 330 g/mol. The summed E-state index contributed by atoms with van der Waals surface area (Å²) in [6.45, 7) is 2.52. The Morgan fingerprint density at radius 2 is 2.17 bits per heavy atom. The molecule has 4 rings (SSSR count). The third-order valence-electron chi connectivity index (χ3n) is 4.65. The minimum absolute atomic E-state index is 0. The van der Waals surface area contributed by atoms with E-state index in [2.05, 4.69) is 31.5 Å². The Hall–Kier alpha value is -2.15. The fourth-order valence-electron chi connectivity index (χ4n) is 3.14. The summed E-state index contributed by atoms with van der Waals surface area (Å²) >= 11 is 0. The molecule has 0 amide bonds. The molecule has 24 heavy (non-hydrogen) atoms. The Bertz CT molecular complexity index is 696. The van der Waals surface area contributed by atoms with Gasteiger partial charge in [-0.25, -0.2) is 4.98 Å². The molecule has 1 saturated heterocycles. The van der Waals surface area contributed by atoms with Gasteiger partial charge in [0.1, 0.15) is 5.82 Å². The van der Waals surface area contributed by atoms with Crippen molar-refractivity contribution in [1.29, 1.82) is 0 Å². The summed E-state index contributed by atoms with van der Waals surface area (Å²) in [5.41, 5.74) is 2.14. The summed E-state index contributed by atoms with van der Waals surface area (Å²) in [5, 5.41) is 10.8. The summed E-state index contributed by atoms with van der Waals surface area (Å²) in [4.78, 5) is 11.5. The van der Waals surface area contributed by atoms with E-state index in [-0.39, 0.29) is 1.43 Å². The summed E-state index contributed by atoms with van der Waals surface area (Å²) in [5.74, 6) is 3.02. The zero-order chi connectivity index (χ0) is 16.4. The molecule has 0 spiro atoms. The van der Waals surface area contributed by atoms with Crippen LogP contribution in [0.3, 0.4) is 0 Å². The maximum atomic E-state index is 5.28. The zero-order valence-electron chi connectivity index (χ0n) is 14.1. The highest BCUT2D eigenvalue weighted by molar-refractivity contribution is 5.58. The van der Waals surface area contributed by atoms with Crippen LogP contribution in [-0.4, -0.2) is 40.4 Å². The number of methoxy groups -OCH3 is 1. The average Bonchev–Trinajstić information content (AvgIpc) is 3.37. The van der Waals surface area contributed by atoms with E-state index in [4.69, 9.17) is 9.72 Å². The molecule has 130 valence electrons.